The third kappa shape index (κ3) is 3.21. The summed E-state index contributed by atoms with van der Waals surface area (Å²) in [4.78, 5) is 26.4. The number of amides is 2. The van der Waals surface area contributed by atoms with Gasteiger partial charge in [-0.25, -0.2) is 0 Å². The Morgan fingerprint density at radius 2 is 1.85 bits per heavy atom. The lowest BCUT2D eigenvalue weighted by Crippen LogP contribution is -2.53. The Morgan fingerprint density at radius 3 is 2.52 bits per heavy atom. The number of likely N-dealkylation sites (N-methyl/N-ethyl adjacent to an activating group) is 1. The molecule has 0 spiro atoms. The highest BCUT2D eigenvalue weighted by atomic mass is 32.1. The lowest BCUT2D eigenvalue weighted by molar-refractivity contribution is -0.128. The van der Waals surface area contributed by atoms with Gasteiger partial charge in [-0.1, -0.05) is 12.1 Å². The SMILES string of the molecule is CCN1C(=O)/C(=C\c2cc(C)n(-c3cccc(C)c3C)c2C)C(=O)NC1=S. The highest BCUT2D eigenvalue weighted by Gasteiger charge is 2.32. The molecule has 0 bridgehead atoms. The Balaban J connectivity index is 2.11. The molecule has 1 fully saturated rings. The molecule has 0 unspecified atom stereocenters. The number of aryl methyl sites for hydroxylation is 2. The minimum absolute atomic E-state index is 0.103. The molecule has 6 heteroatoms. The van der Waals surface area contributed by atoms with Crippen molar-refractivity contribution in [3.8, 4) is 5.69 Å². The summed E-state index contributed by atoms with van der Waals surface area (Å²) in [5, 5.41) is 2.75. The van der Waals surface area contributed by atoms with Crippen LogP contribution in [0.5, 0.6) is 0 Å². The highest BCUT2D eigenvalue weighted by Crippen LogP contribution is 2.27. The summed E-state index contributed by atoms with van der Waals surface area (Å²) < 4.78 is 2.15. The Bertz CT molecular complexity index is 1000. The van der Waals surface area contributed by atoms with E-state index < -0.39 is 5.91 Å². The fraction of sp³-hybridized carbons (Fsp3) is 0.286. The predicted molar refractivity (Wildman–Crippen MR) is 111 cm³/mol. The molecule has 1 aromatic heterocycles. The second-order valence-corrected chi connectivity index (χ2v) is 7.13. The molecule has 1 N–H and O–H groups in total. The number of nitrogens with zero attached hydrogens (tertiary/aromatic N) is 2. The maximum Gasteiger partial charge on any atom is 0.265 e. The largest absolute Gasteiger partial charge is 0.318 e. The van der Waals surface area contributed by atoms with Crippen LogP contribution in [0, 0.1) is 27.7 Å². The summed E-state index contributed by atoms with van der Waals surface area (Å²) in [5.41, 5.74) is 6.49. The van der Waals surface area contributed by atoms with Gasteiger partial charge < -0.3 is 4.57 Å². The van der Waals surface area contributed by atoms with Gasteiger partial charge in [0, 0.05) is 23.6 Å². The Morgan fingerprint density at radius 1 is 1.15 bits per heavy atom. The van der Waals surface area contributed by atoms with Gasteiger partial charge in [-0.15, -0.1) is 0 Å². The van der Waals surface area contributed by atoms with Crippen molar-refractivity contribution in [2.45, 2.75) is 34.6 Å². The molecule has 3 rings (SSSR count). The second-order valence-electron chi connectivity index (χ2n) is 6.75. The molecule has 0 atom stereocenters. The summed E-state index contributed by atoms with van der Waals surface area (Å²) in [6.45, 7) is 10.4. The topological polar surface area (TPSA) is 54.3 Å². The number of thiocarbonyl (C=S) groups is 1. The van der Waals surface area contributed by atoms with E-state index in [9.17, 15) is 9.59 Å². The zero-order chi connectivity index (χ0) is 19.9. The minimum Gasteiger partial charge on any atom is -0.318 e. The number of rotatable bonds is 3. The average molecular weight is 382 g/mol. The van der Waals surface area contributed by atoms with Gasteiger partial charge in [0.15, 0.2) is 5.11 Å². The standard InChI is InChI=1S/C21H23N3O2S/c1-6-23-20(26)17(19(25)22-21(23)27)11-16-10-13(3)24(15(16)5)18-9-7-8-12(2)14(18)4/h7-11H,6H2,1-5H3,(H,22,25,27)/b17-11-. The molecule has 5 nitrogen and oxygen atoms in total. The van der Waals surface area contributed by atoms with E-state index >= 15 is 0 Å². The third-order valence-electron chi connectivity index (χ3n) is 5.09. The number of aromatic nitrogens is 1. The van der Waals surface area contributed by atoms with Crippen LogP contribution in [0.1, 0.15) is 35.0 Å². The van der Waals surface area contributed by atoms with Crippen molar-refractivity contribution in [2.75, 3.05) is 6.54 Å². The number of hydrogen-bond acceptors (Lipinski definition) is 3. The van der Waals surface area contributed by atoms with Crippen molar-refractivity contribution in [3.05, 3.63) is 57.9 Å². The summed E-state index contributed by atoms with van der Waals surface area (Å²) in [6.07, 6.45) is 1.66. The van der Waals surface area contributed by atoms with E-state index in [1.54, 1.807) is 6.08 Å². The van der Waals surface area contributed by atoms with Crippen molar-refractivity contribution in [1.29, 1.82) is 0 Å². The van der Waals surface area contributed by atoms with Gasteiger partial charge in [0.1, 0.15) is 5.57 Å². The lowest BCUT2D eigenvalue weighted by Gasteiger charge is -2.27. The van der Waals surface area contributed by atoms with Crippen molar-refractivity contribution < 1.29 is 9.59 Å². The van der Waals surface area contributed by atoms with Gasteiger partial charge >= 0.3 is 0 Å². The zero-order valence-corrected chi connectivity index (χ0v) is 17.0. The molecule has 1 aromatic carbocycles. The van der Waals surface area contributed by atoms with E-state index in [-0.39, 0.29) is 16.6 Å². The number of nitrogens with one attached hydrogen (secondary N) is 1. The lowest BCUT2D eigenvalue weighted by atomic mass is 10.1. The fourth-order valence-corrected chi connectivity index (χ4v) is 3.72. The third-order valence-corrected chi connectivity index (χ3v) is 5.41. The first-order chi connectivity index (χ1) is 12.8. The van der Waals surface area contributed by atoms with Crippen LogP contribution in [0.25, 0.3) is 11.8 Å². The van der Waals surface area contributed by atoms with Crippen molar-refractivity contribution in [1.82, 2.24) is 14.8 Å². The van der Waals surface area contributed by atoms with Crippen LogP contribution in [-0.4, -0.2) is 32.9 Å². The van der Waals surface area contributed by atoms with E-state index in [1.165, 1.54) is 16.0 Å². The molecule has 2 amide bonds. The molecular formula is C21H23N3O2S. The summed E-state index contributed by atoms with van der Waals surface area (Å²) in [5.74, 6) is -0.811. The first-order valence-corrected chi connectivity index (χ1v) is 9.31. The number of hydrogen-bond donors (Lipinski definition) is 1. The molecule has 0 aliphatic carbocycles. The number of carbonyl (C=O) groups excluding carboxylic acids is 2. The summed E-state index contributed by atoms with van der Waals surface area (Å²) in [7, 11) is 0. The molecular weight excluding hydrogens is 358 g/mol. The van der Waals surface area contributed by atoms with Crippen LogP contribution in [0.3, 0.4) is 0 Å². The van der Waals surface area contributed by atoms with Gasteiger partial charge in [0.2, 0.25) is 0 Å². The normalized spacial score (nSPS) is 16.3. The average Bonchev–Trinajstić information content (AvgIpc) is 2.88. The highest BCUT2D eigenvalue weighted by molar-refractivity contribution is 7.80. The molecule has 2 aromatic rings. The first kappa shape index (κ1) is 19.0. The molecule has 0 saturated carbocycles. The van der Waals surface area contributed by atoms with Crippen LogP contribution in [-0.2, 0) is 9.59 Å². The van der Waals surface area contributed by atoms with Gasteiger partial charge in [-0.3, -0.25) is 19.8 Å². The molecule has 27 heavy (non-hydrogen) atoms. The quantitative estimate of drug-likeness (QED) is 0.504. The van der Waals surface area contributed by atoms with Crippen LogP contribution in [0.4, 0.5) is 0 Å². The zero-order valence-electron chi connectivity index (χ0n) is 16.2. The van der Waals surface area contributed by atoms with E-state index in [4.69, 9.17) is 12.2 Å². The predicted octanol–water partition coefficient (Wildman–Crippen LogP) is 3.36. The molecule has 140 valence electrons. The van der Waals surface area contributed by atoms with E-state index in [0.29, 0.717) is 6.54 Å². The monoisotopic (exact) mass is 381 g/mol. The van der Waals surface area contributed by atoms with Crippen molar-refractivity contribution in [3.63, 3.8) is 0 Å². The van der Waals surface area contributed by atoms with Gasteiger partial charge in [-0.05, 0) is 81.7 Å². The number of carbonyl (C=O) groups is 2. The van der Waals surface area contributed by atoms with Crippen LogP contribution < -0.4 is 5.32 Å². The molecule has 1 saturated heterocycles. The van der Waals surface area contributed by atoms with Gasteiger partial charge in [-0.2, -0.15) is 0 Å². The van der Waals surface area contributed by atoms with E-state index in [2.05, 4.69) is 35.9 Å². The summed E-state index contributed by atoms with van der Waals surface area (Å²) >= 11 is 5.08. The Labute approximate surface area is 164 Å². The van der Waals surface area contributed by atoms with Crippen LogP contribution in [0.2, 0.25) is 0 Å². The Kier molecular flexibility index (Phi) is 5.02. The van der Waals surface area contributed by atoms with Crippen LogP contribution >= 0.6 is 12.2 Å². The van der Waals surface area contributed by atoms with Gasteiger partial charge in [0.05, 0.1) is 0 Å². The first-order valence-electron chi connectivity index (χ1n) is 8.90. The van der Waals surface area contributed by atoms with Crippen LogP contribution in [0.15, 0.2) is 29.8 Å². The van der Waals surface area contributed by atoms with Crippen molar-refractivity contribution >= 4 is 35.2 Å². The summed E-state index contributed by atoms with van der Waals surface area (Å²) in [6, 6.07) is 8.19. The number of benzene rings is 1. The van der Waals surface area contributed by atoms with Gasteiger partial charge in [0.25, 0.3) is 11.8 Å². The van der Waals surface area contributed by atoms with Crippen molar-refractivity contribution in [2.24, 2.45) is 0 Å². The molecule has 1 aliphatic rings. The molecule has 2 heterocycles. The van der Waals surface area contributed by atoms with E-state index in [0.717, 1.165) is 22.6 Å². The second kappa shape index (κ2) is 7.12. The maximum atomic E-state index is 12.7. The fourth-order valence-electron chi connectivity index (χ4n) is 3.42. The minimum atomic E-state index is -0.453. The smallest absolute Gasteiger partial charge is 0.265 e. The Hall–Kier alpha value is -2.73. The van der Waals surface area contributed by atoms with E-state index in [1.807, 2.05) is 32.9 Å². The molecule has 1 aliphatic heterocycles. The molecule has 0 radical (unpaired) electrons. The maximum absolute atomic E-state index is 12.7.